The lowest BCUT2D eigenvalue weighted by atomic mass is 10.2. The smallest absolute Gasteiger partial charge is 0.248 e. The molecular formula is C18H18N4OS. The van der Waals surface area contributed by atoms with E-state index in [1.807, 2.05) is 61.2 Å². The van der Waals surface area contributed by atoms with Crippen molar-refractivity contribution in [2.24, 2.45) is 0 Å². The van der Waals surface area contributed by atoms with E-state index >= 15 is 0 Å². The van der Waals surface area contributed by atoms with Crippen LogP contribution in [0.2, 0.25) is 0 Å². The molecule has 1 N–H and O–H groups in total. The van der Waals surface area contributed by atoms with Crippen LogP contribution in [0.15, 0.2) is 41.8 Å². The topological polar surface area (TPSA) is 59.8 Å². The molecule has 2 heterocycles. The zero-order valence-electron chi connectivity index (χ0n) is 13.8. The summed E-state index contributed by atoms with van der Waals surface area (Å²) in [5, 5.41) is 10.3. The van der Waals surface area contributed by atoms with Crippen molar-refractivity contribution in [3.63, 3.8) is 0 Å². The summed E-state index contributed by atoms with van der Waals surface area (Å²) in [5.74, 6) is -0.199. The van der Waals surface area contributed by atoms with Crippen molar-refractivity contribution in [2.75, 3.05) is 5.32 Å². The SMILES string of the molecule is Cc1cc(C)n(-c2ccccc2NC(=O)C=Cc2csc(C)n2)n1. The Morgan fingerprint density at radius 2 is 2.04 bits per heavy atom. The quantitative estimate of drug-likeness (QED) is 0.734. The predicted octanol–water partition coefficient (Wildman–Crippen LogP) is 3.91. The fourth-order valence-electron chi connectivity index (χ4n) is 2.43. The predicted molar refractivity (Wildman–Crippen MR) is 97.6 cm³/mol. The highest BCUT2D eigenvalue weighted by Crippen LogP contribution is 2.21. The number of carbonyl (C=O) groups is 1. The van der Waals surface area contributed by atoms with Crippen molar-refractivity contribution >= 4 is 29.0 Å². The molecule has 5 nitrogen and oxygen atoms in total. The first-order chi connectivity index (χ1) is 11.5. The molecule has 0 fully saturated rings. The zero-order chi connectivity index (χ0) is 17.1. The van der Waals surface area contributed by atoms with Gasteiger partial charge in [0.05, 0.1) is 27.8 Å². The van der Waals surface area contributed by atoms with Crippen molar-refractivity contribution in [2.45, 2.75) is 20.8 Å². The minimum Gasteiger partial charge on any atom is -0.321 e. The number of amides is 1. The van der Waals surface area contributed by atoms with Crippen LogP contribution in [-0.2, 0) is 4.79 Å². The molecule has 0 radical (unpaired) electrons. The molecule has 1 aromatic carbocycles. The second kappa shape index (κ2) is 6.80. The van der Waals surface area contributed by atoms with Gasteiger partial charge in [-0.15, -0.1) is 11.3 Å². The summed E-state index contributed by atoms with van der Waals surface area (Å²) in [6.45, 7) is 5.87. The Kier molecular flexibility index (Phi) is 4.57. The number of hydrogen-bond acceptors (Lipinski definition) is 4. The fraction of sp³-hybridized carbons (Fsp3) is 0.167. The number of thiazole rings is 1. The summed E-state index contributed by atoms with van der Waals surface area (Å²) >= 11 is 1.56. The van der Waals surface area contributed by atoms with Gasteiger partial charge in [0.1, 0.15) is 0 Å². The third kappa shape index (κ3) is 3.60. The minimum atomic E-state index is -0.199. The monoisotopic (exact) mass is 338 g/mol. The van der Waals surface area contributed by atoms with E-state index in [1.54, 1.807) is 17.4 Å². The highest BCUT2D eigenvalue weighted by Gasteiger charge is 2.10. The highest BCUT2D eigenvalue weighted by atomic mass is 32.1. The highest BCUT2D eigenvalue weighted by molar-refractivity contribution is 7.09. The molecule has 0 unspecified atom stereocenters. The molecule has 6 heteroatoms. The number of nitrogens with one attached hydrogen (secondary N) is 1. The number of hydrogen-bond donors (Lipinski definition) is 1. The van der Waals surface area contributed by atoms with E-state index in [-0.39, 0.29) is 5.91 Å². The van der Waals surface area contributed by atoms with Gasteiger partial charge in [0.25, 0.3) is 0 Å². The number of aryl methyl sites for hydroxylation is 3. The van der Waals surface area contributed by atoms with Gasteiger partial charge >= 0.3 is 0 Å². The Morgan fingerprint density at radius 1 is 1.25 bits per heavy atom. The van der Waals surface area contributed by atoms with Crippen molar-refractivity contribution in [3.05, 3.63) is 63.9 Å². The van der Waals surface area contributed by atoms with Gasteiger partial charge in [0.2, 0.25) is 5.91 Å². The summed E-state index contributed by atoms with van der Waals surface area (Å²) in [5.41, 5.74) is 4.30. The van der Waals surface area contributed by atoms with Gasteiger partial charge in [-0.1, -0.05) is 12.1 Å². The van der Waals surface area contributed by atoms with E-state index < -0.39 is 0 Å². The van der Waals surface area contributed by atoms with Crippen LogP contribution in [0.25, 0.3) is 11.8 Å². The van der Waals surface area contributed by atoms with Gasteiger partial charge < -0.3 is 5.32 Å². The van der Waals surface area contributed by atoms with Crippen molar-refractivity contribution in [1.82, 2.24) is 14.8 Å². The van der Waals surface area contributed by atoms with Crippen LogP contribution in [0.3, 0.4) is 0 Å². The molecule has 24 heavy (non-hydrogen) atoms. The van der Waals surface area contributed by atoms with Crippen LogP contribution >= 0.6 is 11.3 Å². The molecule has 0 spiro atoms. The Morgan fingerprint density at radius 3 is 2.71 bits per heavy atom. The maximum Gasteiger partial charge on any atom is 0.248 e. The molecule has 3 rings (SSSR count). The van der Waals surface area contributed by atoms with Crippen LogP contribution in [0.4, 0.5) is 5.69 Å². The molecule has 1 amide bonds. The molecule has 0 atom stereocenters. The third-order valence-corrected chi connectivity index (χ3v) is 4.23. The number of nitrogens with zero attached hydrogens (tertiary/aromatic N) is 3. The Balaban J connectivity index is 1.81. The van der Waals surface area contributed by atoms with Gasteiger partial charge in [0, 0.05) is 17.2 Å². The fourth-order valence-corrected chi connectivity index (χ4v) is 3.01. The van der Waals surface area contributed by atoms with Gasteiger partial charge in [-0.2, -0.15) is 5.10 Å². The Labute approximate surface area is 144 Å². The second-order valence-corrected chi connectivity index (χ2v) is 6.53. The number of rotatable bonds is 4. The summed E-state index contributed by atoms with van der Waals surface area (Å²) < 4.78 is 1.83. The molecule has 0 saturated heterocycles. The number of para-hydroxylation sites is 2. The molecule has 0 bridgehead atoms. The maximum atomic E-state index is 12.2. The lowest BCUT2D eigenvalue weighted by molar-refractivity contribution is -0.111. The van der Waals surface area contributed by atoms with Crippen LogP contribution in [-0.4, -0.2) is 20.7 Å². The van der Waals surface area contributed by atoms with Crippen molar-refractivity contribution in [3.8, 4) is 5.69 Å². The normalized spacial score (nSPS) is 11.1. The number of carbonyl (C=O) groups excluding carboxylic acids is 1. The minimum absolute atomic E-state index is 0.199. The van der Waals surface area contributed by atoms with Crippen LogP contribution in [0.1, 0.15) is 22.1 Å². The first kappa shape index (κ1) is 16.1. The summed E-state index contributed by atoms with van der Waals surface area (Å²) in [7, 11) is 0. The molecule has 122 valence electrons. The van der Waals surface area contributed by atoms with E-state index in [1.165, 1.54) is 6.08 Å². The van der Waals surface area contributed by atoms with Crippen molar-refractivity contribution in [1.29, 1.82) is 0 Å². The first-order valence-corrected chi connectivity index (χ1v) is 8.45. The van der Waals surface area contributed by atoms with Gasteiger partial charge in [0.15, 0.2) is 0 Å². The standard InChI is InChI=1S/C18H18N4OS/c1-12-10-13(2)22(21-12)17-7-5-4-6-16(17)20-18(23)9-8-15-11-24-14(3)19-15/h4-11H,1-3H3,(H,20,23). The van der Waals surface area contributed by atoms with Gasteiger partial charge in [-0.3, -0.25) is 4.79 Å². The lowest BCUT2D eigenvalue weighted by Crippen LogP contribution is -2.11. The van der Waals surface area contributed by atoms with E-state index in [9.17, 15) is 4.79 Å². The van der Waals surface area contributed by atoms with Gasteiger partial charge in [-0.25, -0.2) is 9.67 Å². The van der Waals surface area contributed by atoms with E-state index in [4.69, 9.17) is 0 Å². The zero-order valence-corrected chi connectivity index (χ0v) is 14.6. The van der Waals surface area contributed by atoms with E-state index in [2.05, 4.69) is 15.4 Å². The molecule has 0 aliphatic rings. The van der Waals surface area contributed by atoms with Crippen LogP contribution in [0.5, 0.6) is 0 Å². The van der Waals surface area contributed by atoms with E-state index in [0.29, 0.717) is 5.69 Å². The van der Waals surface area contributed by atoms with Crippen LogP contribution < -0.4 is 5.32 Å². The summed E-state index contributed by atoms with van der Waals surface area (Å²) in [6, 6.07) is 9.61. The third-order valence-electron chi connectivity index (χ3n) is 3.44. The molecule has 2 aromatic heterocycles. The molecular weight excluding hydrogens is 320 g/mol. The average molecular weight is 338 g/mol. The molecule has 0 saturated carbocycles. The molecule has 0 aliphatic heterocycles. The second-order valence-electron chi connectivity index (χ2n) is 5.47. The average Bonchev–Trinajstić information content (AvgIpc) is 3.11. The van der Waals surface area contributed by atoms with Gasteiger partial charge in [-0.05, 0) is 45.0 Å². The lowest BCUT2D eigenvalue weighted by Gasteiger charge is -2.11. The first-order valence-electron chi connectivity index (χ1n) is 7.57. The maximum absolute atomic E-state index is 12.2. The Bertz CT molecular complexity index is 907. The Hall–Kier alpha value is -2.73. The largest absolute Gasteiger partial charge is 0.321 e. The van der Waals surface area contributed by atoms with Crippen LogP contribution in [0, 0.1) is 20.8 Å². The summed E-state index contributed by atoms with van der Waals surface area (Å²) in [6.07, 6.45) is 3.21. The number of anilines is 1. The number of benzene rings is 1. The van der Waals surface area contributed by atoms with Crippen molar-refractivity contribution < 1.29 is 4.79 Å². The number of aromatic nitrogens is 3. The molecule has 0 aliphatic carbocycles. The van der Waals surface area contributed by atoms with E-state index in [0.717, 1.165) is 27.8 Å². The molecule has 3 aromatic rings. The summed E-state index contributed by atoms with van der Waals surface area (Å²) in [4.78, 5) is 16.5.